The van der Waals surface area contributed by atoms with Crippen LogP contribution in [0.2, 0.25) is 5.02 Å². The third kappa shape index (κ3) is 3.68. The summed E-state index contributed by atoms with van der Waals surface area (Å²) in [5.41, 5.74) is 1.38. The quantitative estimate of drug-likeness (QED) is 0.912. The van der Waals surface area contributed by atoms with Crippen LogP contribution in [0.5, 0.6) is 11.5 Å². The molecule has 116 valence electrons. The van der Waals surface area contributed by atoms with Crippen LogP contribution in [-0.2, 0) is 0 Å². The van der Waals surface area contributed by atoms with Crippen molar-refractivity contribution >= 4 is 23.3 Å². The van der Waals surface area contributed by atoms with Crippen molar-refractivity contribution < 1.29 is 14.3 Å². The lowest BCUT2D eigenvalue weighted by Crippen LogP contribution is -2.13. The minimum absolute atomic E-state index is 0.318. The standard InChI is InChI=1S/C16H17ClN2O3/c1-4-22-15-12(17)8-11(9-13(15)21-3)16(20)19-14-7-10(2)5-6-18-14/h5-9H,4H2,1-3H3,(H,18,19,20). The fourth-order valence-electron chi connectivity index (χ4n) is 1.93. The van der Waals surface area contributed by atoms with E-state index in [0.717, 1.165) is 5.56 Å². The minimum Gasteiger partial charge on any atom is -0.493 e. The number of ether oxygens (including phenoxy) is 2. The maximum absolute atomic E-state index is 12.3. The van der Waals surface area contributed by atoms with Crippen LogP contribution in [0.3, 0.4) is 0 Å². The molecule has 0 aliphatic carbocycles. The van der Waals surface area contributed by atoms with Gasteiger partial charge in [0.15, 0.2) is 11.5 Å². The SMILES string of the molecule is CCOc1c(Cl)cc(C(=O)Nc2cc(C)ccn2)cc1OC. The highest BCUT2D eigenvalue weighted by molar-refractivity contribution is 6.32. The molecular formula is C16H17ClN2O3. The highest BCUT2D eigenvalue weighted by atomic mass is 35.5. The first-order valence-electron chi connectivity index (χ1n) is 6.79. The average molecular weight is 321 g/mol. The van der Waals surface area contributed by atoms with E-state index in [1.807, 2.05) is 19.9 Å². The third-order valence-corrected chi connectivity index (χ3v) is 3.22. The lowest BCUT2D eigenvalue weighted by atomic mass is 10.2. The van der Waals surface area contributed by atoms with E-state index in [4.69, 9.17) is 21.1 Å². The fraction of sp³-hybridized carbons (Fsp3) is 0.250. The van der Waals surface area contributed by atoms with Crippen LogP contribution in [0.15, 0.2) is 30.5 Å². The number of amides is 1. The minimum atomic E-state index is -0.318. The number of rotatable bonds is 5. The number of pyridine rings is 1. The Kier molecular flexibility index (Phi) is 5.22. The van der Waals surface area contributed by atoms with Crippen LogP contribution in [-0.4, -0.2) is 24.6 Å². The second-order valence-electron chi connectivity index (χ2n) is 4.60. The predicted octanol–water partition coefficient (Wildman–Crippen LogP) is 3.70. The van der Waals surface area contributed by atoms with Gasteiger partial charge in [-0.2, -0.15) is 0 Å². The van der Waals surface area contributed by atoms with Crippen LogP contribution in [0, 0.1) is 6.92 Å². The van der Waals surface area contributed by atoms with E-state index < -0.39 is 0 Å². The number of carbonyl (C=O) groups excluding carboxylic acids is 1. The predicted molar refractivity (Wildman–Crippen MR) is 86.1 cm³/mol. The van der Waals surface area contributed by atoms with Crippen molar-refractivity contribution in [2.75, 3.05) is 19.0 Å². The van der Waals surface area contributed by atoms with Crippen LogP contribution in [0.1, 0.15) is 22.8 Å². The van der Waals surface area contributed by atoms with Gasteiger partial charge in [0.05, 0.1) is 18.7 Å². The zero-order valence-corrected chi connectivity index (χ0v) is 13.4. The summed E-state index contributed by atoms with van der Waals surface area (Å²) in [6.07, 6.45) is 1.64. The molecule has 1 heterocycles. The summed E-state index contributed by atoms with van der Waals surface area (Å²) in [5, 5.41) is 3.05. The maximum Gasteiger partial charge on any atom is 0.257 e. The molecule has 1 N–H and O–H groups in total. The normalized spacial score (nSPS) is 10.2. The third-order valence-electron chi connectivity index (χ3n) is 2.94. The van der Waals surface area contributed by atoms with Crippen molar-refractivity contribution in [3.63, 3.8) is 0 Å². The van der Waals surface area contributed by atoms with E-state index in [0.29, 0.717) is 34.5 Å². The number of nitrogens with one attached hydrogen (secondary N) is 1. The molecule has 0 unspecified atom stereocenters. The van der Waals surface area contributed by atoms with Crippen molar-refractivity contribution in [1.29, 1.82) is 0 Å². The van der Waals surface area contributed by atoms with Gasteiger partial charge in [0, 0.05) is 11.8 Å². The molecule has 0 aliphatic heterocycles. The molecule has 6 heteroatoms. The van der Waals surface area contributed by atoms with Crippen LogP contribution in [0.4, 0.5) is 5.82 Å². The van der Waals surface area contributed by atoms with Gasteiger partial charge in [-0.1, -0.05) is 11.6 Å². The monoisotopic (exact) mass is 320 g/mol. The summed E-state index contributed by atoms with van der Waals surface area (Å²) >= 11 is 6.16. The molecule has 22 heavy (non-hydrogen) atoms. The molecule has 0 radical (unpaired) electrons. The Morgan fingerprint density at radius 3 is 2.77 bits per heavy atom. The first-order valence-corrected chi connectivity index (χ1v) is 7.17. The van der Waals surface area contributed by atoms with Gasteiger partial charge in [-0.15, -0.1) is 0 Å². The van der Waals surface area contributed by atoms with Gasteiger partial charge in [-0.05, 0) is 43.7 Å². The molecule has 1 aromatic carbocycles. The molecular weight excluding hydrogens is 304 g/mol. The van der Waals surface area contributed by atoms with E-state index in [2.05, 4.69) is 10.3 Å². The summed E-state index contributed by atoms with van der Waals surface area (Å²) in [6.45, 7) is 4.22. The van der Waals surface area contributed by atoms with E-state index >= 15 is 0 Å². The Bertz CT molecular complexity index is 689. The van der Waals surface area contributed by atoms with Gasteiger partial charge in [-0.25, -0.2) is 4.98 Å². The molecule has 0 saturated heterocycles. The van der Waals surface area contributed by atoms with Crippen molar-refractivity contribution in [2.24, 2.45) is 0 Å². The zero-order chi connectivity index (χ0) is 16.1. The zero-order valence-electron chi connectivity index (χ0n) is 12.6. The lowest BCUT2D eigenvalue weighted by Gasteiger charge is -2.13. The fourth-order valence-corrected chi connectivity index (χ4v) is 2.19. The van der Waals surface area contributed by atoms with Gasteiger partial charge in [0.25, 0.3) is 5.91 Å². The van der Waals surface area contributed by atoms with E-state index in [9.17, 15) is 4.79 Å². The van der Waals surface area contributed by atoms with Crippen molar-refractivity contribution in [3.05, 3.63) is 46.6 Å². The summed E-state index contributed by atoms with van der Waals surface area (Å²) < 4.78 is 10.7. The van der Waals surface area contributed by atoms with E-state index in [-0.39, 0.29) is 5.91 Å². The van der Waals surface area contributed by atoms with Gasteiger partial charge in [-0.3, -0.25) is 4.79 Å². The number of benzene rings is 1. The molecule has 1 aromatic heterocycles. The molecule has 0 spiro atoms. The van der Waals surface area contributed by atoms with Gasteiger partial charge < -0.3 is 14.8 Å². The molecule has 5 nitrogen and oxygen atoms in total. The molecule has 2 rings (SSSR count). The number of halogens is 1. The maximum atomic E-state index is 12.3. The number of hydrogen-bond acceptors (Lipinski definition) is 4. The Morgan fingerprint density at radius 1 is 1.36 bits per heavy atom. The number of nitrogens with zero attached hydrogens (tertiary/aromatic N) is 1. The molecule has 2 aromatic rings. The summed E-state index contributed by atoms with van der Waals surface area (Å²) in [7, 11) is 1.50. The average Bonchev–Trinajstić information content (AvgIpc) is 2.49. The number of aromatic nitrogens is 1. The Balaban J connectivity index is 2.28. The van der Waals surface area contributed by atoms with Crippen LogP contribution in [0.25, 0.3) is 0 Å². The smallest absolute Gasteiger partial charge is 0.257 e. The Labute approximate surface area is 134 Å². The Hall–Kier alpha value is -2.27. The molecule has 0 saturated carbocycles. The number of methoxy groups -OCH3 is 1. The van der Waals surface area contributed by atoms with Gasteiger partial charge in [0.2, 0.25) is 0 Å². The highest BCUT2D eigenvalue weighted by Crippen LogP contribution is 2.36. The van der Waals surface area contributed by atoms with E-state index in [1.54, 1.807) is 24.4 Å². The van der Waals surface area contributed by atoms with Gasteiger partial charge in [0.1, 0.15) is 5.82 Å². The van der Waals surface area contributed by atoms with Crippen LogP contribution >= 0.6 is 11.6 Å². The molecule has 0 fully saturated rings. The summed E-state index contributed by atoms with van der Waals surface area (Å²) in [5.74, 6) is 1.00. The second kappa shape index (κ2) is 7.13. The second-order valence-corrected chi connectivity index (χ2v) is 5.00. The number of hydrogen-bond donors (Lipinski definition) is 1. The Morgan fingerprint density at radius 2 is 2.14 bits per heavy atom. The van der Waals surface area contributed by atoms with Gasteiger partial charge >= 0.3 is 0 Å². The largest absolute Gasteiger partial charge is 0.493 e. The van der Waals surface area contributed by atoms with Crippen molar-refractivity contribution in [1.82, 2.24) is 4.98 Å². The topological polar surface area (TPSA) is 60.5 Å². The molecule has 0 atom stereocenters. The first kappa shape index (κ1) is 16.1. The van der Waals surface area contributed by atoms with E-state index in [1.165, 1.54) is 7.11 Å². The lowest BCUT2D eigenvalue weighted by molar-refractivity contribution is 0.102. The first-order chi connectivity index (χ1) is 10.5. The highest BCUT2D eigenvalue weighted by Gasteiger charge is 2.16. The summed E-state index contributed by atoms with van der Waals surface area (Å²) in [4.78, 5) is 16.4. The summed E-state index contributed by atoms with van der Waals surface area (Å²) in [6, 6.07) is 6.76. The number of anilines is 1. The van der Waals surface area contributed by atoms with Crippen LogP contribution < -0.4 is 14.8 Å². The number of carbonyl (C=O) groups is 1. The molecule has 1 amide bonds. The molecule has 0 aliphatic rings. The molecule has 0 bridgehead atoms. The van der Waals surface area contributed by atoms with Crippen molar-refractivity contribution in [3.8, 4) is 11.5 Å². The van der Waals surface area contributed by atoms with Crippen molar-refractivity contribution in [2.45, 2.75) is 13.8 Å². The number of aryl methyl sites for hydroxylation is 1.